The van der Waals surface area contributed by atoms with E-state index in [9.17, 15) is 0 Å². The fraction of sp³-hybridized carbons (Fsp3) is 0.250. The van der Waals surface area contributed by atoms with Crippen molar-refractivity contribution in [2.75, 3.05) is 6.54 Å². The fourth-order valence-electron chi connectivity index (χ4n) is 1.67. The maximum Gasteiger partial charge on any atom is 0.249 e. The summed E-state index contributed by atoms with van der Waals surface area (Å²) >= 11 is 5.24. The molecule has 0 aliphatic rings. The van der Waals surface area contributed by atoms with Crippen LogP contribution in [0.1, 0.15) is 25.3 Å². The van der Waals surface area contributed by atoms with Gasteiger partial charge in [0.2, 0.25) is 5.90 Å². The van der Waals surface area contributed by atoms with Gasteiger partial charge in [-0.3, -0.25) is 0 Å². The van der Waals surface area contributed by atoms with E-state index >= 15 is 0 Å². The van der Waals surface area contributed by atoms with E-state index in [0.29, 0.717) is 10.5 Å². The molecule has 0 atom stereocenters. The van der Waals surface area contributed by atoms with Gasteiger partial charge in [-0.25, -0.2) is 4.99 Å². The van der Waals surface area contributed by atoms with Crippen molar-refractivity contribution in [1.29, 1.82) is 0 Å². The third kappa shape index (κ3) is 4.03. The Morgan fingerprint density at radius 3 is 2.60 bits per heavy atom. The Hall–Kier alpha value is -1.94. The predicted octanol–water partition coefficient (Wildman–Crippen LogP) is 3.89. The lowest BCUT2D eigenvalue weighted by molar-refractivity contribution is 0.255. The molecule has 2 rings (SSSR count). The highest BCUT2D eigenvalue weighted by Gasteiger charge is 2.05. The molecule has 0 unspecified atom stereocenters. The molecule has 3 nitrogen and oxygen atoms in total. The van der Waals surface area contributed by atoms with Gasteiger partial charge in [-0.2, -0.15) is 4.73 Å². The Balaban J connectivity index is 2.26. The Bertz CT molecular complexity index is 620. The monoisotopic (exact) mass is 286 g/mol. The van der Waals surface area contributed by atoms with Crippen LogP contribution >= 0.6 is 12.2 Å². The maximum absolute atomic E-state index is 5.84. The molecule has 1 aromatic heterocycles. The van der Waals surface area contributed by atoms with Crippen LogP contribution < -0.4 is 4.84 Å². The molecule has 0 N–H and O–H groups in total. The summed E-state index contributed by atoms with van der Waals surface area (Å²) in [6, 6.07) is 15.5. The summed E-state index contributed by atoms with van der Waals surface area (Å²) in [5, 5.41) is 0. The lowest BCUT2D eigenvalue weighted by Crippen LogP contribution is -2.21. The smallest absolute Gasteiger partial charge is 0.249 e. The van der Waals surface area contributed by atoms with Crippen molar-refractivity contribution in [3.63, 3.8) is 0 Å². The van der Waals surface area contributed by atoms with Gasteiger partial charge in [0, 0.05) is 18.3 Å². The second kappa shape index (κ2) is 7.60. The van der Waals surface area contributed by atoms with E-state index < -0.39 is 0 Å². The number of hydrogen-bond donors (Lipinski definition) is 0. The summed E-state index contributed by atoms with van der Waals surface area (Å²) in [6.45, 7) is 2.90. The second-order valence-corrected chi connectivity index (χ2v) is 4.78. The molecule has 0 radical (unpaired) electrons. The molecule has 20 heavy (non-hydrogen) atoms. The Labute approximate surface area is 124 Å². The quantitative estimate of drug-likeness (QED) is 0.361. The summed E-state index contributed by atoms with van der Waals surface area (Å²) in [5.41, 5.74) is 0.953. The van der Waals surface area contributed by atoms with E-state index in [1.165, 1.54) is 0 Å². The zero-order valence-electron chi connectivity index (χ0n) is 11.5. The molecule has 0 aliphatic carbocycles. The summed E-state index contributed by atoms with van der Waals surface area (Å²) in [4.78, 5) is 10.4. The second-order valence-electron chi connectivity index (χ2n) is 4.36. The number of aliphatic imine (C=N–C) groups is 1. The van der Waals surface area contributed by atoms with Crippen LogP contribution in [0.25, 0.3) is 0 Å². The van der Waals surface area contributed by atoms with Crippen molar-refractivity contribution in [1.82, 2.24) is 4.73 Å². The highest BCUT2D eigenvalue weighted by Crippen LogP contribution is 2.03. The highest BCUT2D eigenvalue weighted by molar-refractivity contribution is 7.71. The summed E-state index contributed by atoms with van der Waals surface area (Å²) in [7, 11) is 0. The van der Waals surface area contributed by atoms with E-state index in [-0.39, 0.29) is 0 Å². The number of pyridine rings is 1. The molecule has 0 spiro atoms. The van der Waals surface area contributed by atoms with E-state index in [4.69, 9.17) is 17.1 Å². The minimum Gasteiger partial charge on any atom is -0.354 e. The number of unbranched alkanes of at least 4 members (excludes halogenated alkanes) is 1. The van der Waals surface area contributed by atoms with Crippen LogP contribution in [0.15, 0.2) is 59.7 Å². The summed E-state index contributed by atoms with van der Waals surface area (Å²) < 4.78 is 2.18. The first-order valence-electron chi connectivity index (χ1n) is 6.77. The zero-order valence-corrected chi connectivity index (χ0v) is 12.3. The normalized spacial score (nSPS) is 11.3. The molecule has 2 aromatic rings. The van der Waals surface area contributed by atoms with Gasteiger partial charge < -0.3 is 4.84 Å². The average Bonchev–Trinajstić information content (AvgIpc) is 2.49. The SMILES string of the molecule is CCCCN=C(On1ccccc1=S)c1ccccc1. The van der Waals surface area contributed by atoms with Gasteiger partial charge in [0.1, 0.15) is 4.64 Å². The molecule has 4 heteroatoms. The van der Waals surface area contributed by atoms with Gasteiger partial charge in [-0.05, 0) is 30.7 Å². The number of rotatable bonds is 5. The maximum atomic E-state index is 5.84. The minimum absolute atomic E-state index is 0.598. The minimum atomic E-state index is 0.598. The lowest BCUT2D eigenvalue weighted by atomic mass is 10.2. The van der Waals surface area contributed by atoms with Crippen molar-refractivity contribution in [2.24, 2.45) is 4.99 Å². The molecule has 0 amide bonds. The van der Waals surface area contributed by atoms with Gasteiger partial charge >= 0.3 is 0 Å². The summed E-state index contributed by atoms with van der Waals surface area (Å²) in [6.07, 6.45) is 3.94. The van der Waals surface area contributed by atoms with Gasteiger partial charge in [0.15, 0.2) is 0 Å². The fourth-order valence-corrected chi connectivity index (χ4v) is 1.85. The van der Waals surface area contributed by atoms with Crippen LogP contribution in [0.2, 0.25) is 0 Å². The van der Waals surface area contributed by atoms with Crippen molar-refractivity contribution < 1.29 is 4.84 Å². The molecule has 0 fully saturated rings. The first kappa shape index (κ1) is 14.5. The zero-order chi connectivity index (χ0) is 14.2. The number of nitrogens with zero attached hydrogens (tertiary/aromatic N) is 2. The molecular weight excluding hydrogens is 268 g/mol. The largest absolute Gasteiger partial charge is 0.354 e. The molecular formula is C16H18N2OS. The number of aromatic nitrogens is 1. The van der Waals surface area contributed by atoms with Crippen molar-refractivity contribution in [3.05, 3.63) is 64.9 Å². The van der Waals surface area contributed by atoms with Crippen LogP contribution in [0, 0.1) is 4.64 Å². The molecule has 0 saturated carbocycles. The van der Waals surface area contributed by atoms with Crippen LogP contribution in [0.5, 0.6) is 0 Å². The van der Waals surface area contributed by atoms with Crippen LogP contribution in [-0.2, 0) is 0 Å². The number of benzene rings is 1. The predicted molar refractivity (Wildman–Crippen MR) is 84.6 cm³/mol. The number of hydrogen-bond acceptors (Lipinski definition) is 3. The van der Waals surface area contributed by atoms with Gasteiger partial charge in [-0.1, -0.05) is 49.8 Å². The summed E-state index contributed by atoms with van der Waals surface area (Å²) in [5.74, 6) is 0.598. The van der Waals surface area contributed by atoms with Gasteiger partial charge in [0.25, 0.3) is 0 Å². The van der Waals surface area contributed by atoms with Crippen LogP contribution in [-0.4, -0.2) is 17.2 Å². The first-order chi connectivity index (χ1) is 9.81. The van der Waals surface area contributed by atoms with E-state index in [2.05, 4.69) is 11.9 Å². The Morgan fingerprint density at radius 2 is 1.90 bits per heavy atom. The molecule has 104 valence electrons. The Kier molecular flexibility index (Phi) is 5.50. The third-order valence-electron chi connectivity index (χ3n) is 2.76. The van der Waals surface area contributed by atoms with E-state index in [0.717, 1.165) is 24.9 Å². The van der Waals surface area contributed by atoms with Crippen molar-refractivity contribution in [3.8, 4) is 0 Å². The van der Waals surface area contributed by atoms with Crippen molar-refractivity contribution in [2.45, 2.75) is 19.8 Å². The molecule has 1 aromatic carbocycles. The van der Waals surface area contributed by atoms with Gasteiger partial charge in [0.05, 0.1) is 0 Å². The van der Waals surface area contributed by atoms with Crippen LogP contribution in [0.3, 0.4) is 0 Å². The third-order valence-corrected chi connectivity index (χ3v) is 3.08. The highest BCUT2D eigenvalue weighted by atomic mass is 32.1. The topological polar surface area (TPSA) is 26.5 Å². The lowest BCUT2D eigenvalue weighted by Gasteiger charge is -2.11. The Morgan fingerprint density at radius 1 is 1.15 bits per heavy atom. The first-order valence-corrected chi connectivity index (χ1v) is 7.18. The molecule has 0 aliphatic heterocycles. The average molecular weight is 286 g/mol. The molecule has 0 bridgehead atoms. The standard InChI is InChI=1S/C16H18N2OS/c1-2-3-12-17-16(14-9-5-4-6-10-14)19-18-13-8-7-11-15(18)20/h4-11,13H,2-3,12H2,1H3. The molecule has 0 saturated heterocycles. The molecule has 1 heterocycles. The van der Waals surface area contributed by atoms with E-state index in [1.54, 1.807) is 10.9 Å². The van der Waals surface area contributed by atoms with Crippen LogP contribution in [0.4, 0.5) is 0 Å². The van der Waals surface area contributed by atoms with Crippen molar-refractivity contribution >= 4 is 18.1 Å². The van der Waals surface area contributed by atoms with E-state index in [1.807, 2.05) is 48.5 Å². The van der Waals surface area contributed by atoms with Gasteiger partial charge in [-0.15, -0.1) is 0 Å².